The summed E-state index contributed by atoms with van der Waals surface area (Å²) in [6.45, 7) is 0.246. The predicted molar refractivity (Wildman–Crippen MR) is 88.3 cm³/mol. The molecule has 7 heteroatoms. The largest absolute Gasteiger partial charge is 0.493 e. The average molecular weight is 356 g/mol. The van der Waals surface area contributed by atoms with Crippen LogP contribution in [-0.4, -0.2) is 20.1 Å². The number of ether oxygens (including phenoxy) is 2. The summed E-state index contributed by atoms with van der Waals surface area (Å²) in [4.78, 5) is 16.3. The number of hydroxylamine groups is 1. The first kappa shape index (κ1) is 17.4. The van der Waals surface area contributed by atoms with Gasteiger partial charge in [-0.05, 0) is 30.3 Å². The summed E-state index contributed by atoms with van der Waals surface area (Å²) in [6.07, 6.45) is 0. The Morgan fingerprint density at radius 1 is 1.09 bits per heavy atom. The van der Waals surface area contributed by atoms with E-state index in [1.807, 2.05) is 0 Å². The van der Waals surface area contributed by atoms with Crippen LogP contribution in [0.4, 0.5) is 0 Å². The summed E-state index contributed by atoms with van der Waals surface area (Å²) in [5, 5.41) is 1.08. The lowest BCUT2D eigenvalue weighted by molar-refractivity contribution is 0.0537. The Morgan fingerprint density at radius 3 is 2.52 bits per heavy atom. The zero-order valence-corrected chi connectivity index (χ0v) is 14.1. The van der Waals surface area contributed by atoms with Crippen molar-refractivity contribution < 1.29 is 19.1 Å². The standard InChI is InChI=1S/C16H15Cl2NO4/c1-21-15-7-10(16(20)19-22-2)4-6-14(15)23-9-11-3-5-12(17)8-13(11)18/h3-8H,9H2,1-2H3,(H,19,20). The van der Waals surface area contributed by atoms with Crippen molar-refractivity contribution in [1.82, 2.24) is 5.48 Å². The molecule has 1 amide bonds. The minimum absolute atomic E-state index is 0.246. The van der Waals surface area contributed by atoms with Crippen molar-refractivity contribution in [1.29, 1.82) is 0 Å². The number of rotatable bonds is 6. The van der Waals surface area contributed by atoms with Crippen LogP contribution >= 0.6 is 23.2 Å². The normalized spacial score (nSPS) is 10.3. The van der Waals surface area contributed by atoms with E-state index in [0.717, 1.165) is 5.56 Å². The van der Waals surface area contributed by atoms with Crippen LogP contribution in [0.2, 0.25) is 10.0 Å². The van der Waals surface area contributed by atoms with Gasteiger partial charge in [0, 0.05) is 21.2 Å². The first-order valence-corrected chi connectivity index (χ1v) is 7.39. The van der Waals surface area contributed by atoms with Gasteiger partial charge in [0.2, 0.25) is 0 Å². The van der Waals surface area contributed by atoms with E-state index in [1.54, 1.807) is 36.4 Å². The average Bonchev–Trinajstić information content (AvgIpc) is 2.54. The second-order valence-electron chi connectivity index (χ2n) is 4.53. The minimum atomic E-state index is -0.377. The molecule has 0 heterocycles. The van der Waals surface area contributed by atoms with Crippen LogP contribution in [-0.2, 0) is 11.4 Å². The number of carbonyl (C=O) groups excluding carboxylic acids is 1. The van der Waals surface area contributed by atoms with E-state index >= 15 is 0 Å². The molecule has 5 nitrogen and oxygen atoms in total. The quantitative estimate of drug-likeness (QED) is 0.799. The summed E-state index contributed by atoms with van der Waals surface area (Å²) < 4.78 is 11.0. The van der Waals surface area contributed by atoms with Crippen molar-refractivity contribution in [3.8, 4) is 11.5 Å². The number of methoxy groups -OCH3 is 1. The molecule has 0 aliphatic heterocycles. The zero-order valence-electron chi connectivity index (χ0n) is 12.6. The lowest BCUT2D eigenvalue weighted by Crippen LogP contribution is -2.21. The van der Waals surface area contributed by atoms with E-state index in [4.69, 9.17) is 32.7 Å². The molecule has 122 valence electrons. The van der Waals surface area contributed by atoms with Crippen LogP contribution in [0.5, 0.6) is 11.5 Å². The van der Waals surface area contributed by atoms with Crippen LogP contribution < -0.4 is 15.0 Å². The molecule has 0 aliphatic rings. The monoisotopic (exact) mass is 355 g/mol. The van der Waals surface area contributed by atoms with E-state index < -0.39 is 0 Å². The highest BCUT2D eigenvalue weighted by Crippen LogP contribution is 2.30. The Labute approximate surface area is 144 Å². The minimum Gasteiger partial charge on any atom is -0.493 e. The molecule has 2 rings (SSSR count). The molecule has 0 spiro atoms. The molecular formula is C16H15Cl2NO4. The van der Waals surface area contributed by atoms with Gasteiger partial charge < -0.3 is 9.47 Å². The fourth-order valence-corrected chi connectivity index (χ4v) is 2.34. The lowest BCUT2D eigenvalue weighted by Gasteiger charge is -2.13. The molecule has 2 aromatic rings. The molecule has 1 N–H and O–H groups in total. The van der Waals surface area contributed by atoms with Gasteiger partial charge >= 0.3 is 0 Å². The predicted octanol–water partition coefficient (Wildman–Crippen LogP) is 3.87. The van der Waals surface area contributed by atoms with Crippen LogP contribution in [0.3, 0.4) is 0 Å². The Balaban J connectivity index is 2.14. The maximum atomic E-state index is 11.7. The fraction of sp³-hybridized carbons (Fsp3) is 0.188. The van der Waals surface area contributed by atoms with E-state index in [9.17, 15) is 4.79 Å². The van der Waals surface area contributed by atoms with Crippen molar-refractivity contribution in [2.45, 2.75) is 6.61 Å². The fourth-order valence-electron chi connectivity index (χ4n) is 1.87. The Bertz CT molecular complexity index is 706. The van der Waals surface area contributed by atoms with Crippen LogP contribution in [0, 0.1) is 0 Å². The zero-order chi connectivity index (χ0) is 16.8. The first-order valence-electron chi connectivity index (χ1n) is 6.63. The van der Waals surface area contributed by atoms with Gasteiger partial charge in [-0.1, -0.05) is 29.3 Å². The molecule has 23 heavy (non-hydrogen) atoms. The molecule has 0 aliphatic carbocycles. The second-order valence-corrected chi connectivity index (χ2v) is 5.37. The van der Waals surface area contributed by atoms with Gasteiger partial charge in [0.15, 0.2) is 11.5 Å². The molecule has 0 atom stereocenters. The maximum absolute atomic E-state index is 11.7. The smallest absolute Gasteiger partial charge is 0.274 e. The number of carbonyl (C=O) groups is 1. The summed E-state index contributed by atoms with van der Waals surface area (Å²) >= 11 is 12.0. The van der Waals surface area contributed by atoms with Gasteiger partial charge in [0.05, 0.1) is 14.2 Å². The van der Waals surface area contributed by atoms with Crippen molar-refractivity contribution >= 4 is 29.1 Å². The number of benzene rings is 2. The molecule has 2 aromatic carbocycles. The Morgan fingerprint density at radius 2 is 1.87 bits per heavy atom. The number of hydrogen-bond acceptors (Lipinski definition) is 4. The summed E-state index contributed by atoms with van der Waals surface area (Å²) in [5.41, 5.74) is 3.42. The van der Waals surface area contributed by atoms with Crippen LogP contribution in [0.15, 0.2) is 36.4 Å². The van der Waals surface area contributed by atoms with E-state index in [1.165, 1.54) is 14.2 Å². The number of hydrogen-bond donors (Lipinski definition) is 1. The molecule has 0 aromatic heterocycles. The molecular weight excluding hydrogens is 341 g/mol. The molecule has 0 saturated carbocycles. The topological polar surface area (TPSA) is 56.8 Å². The third-order valence-corrected chi connectivity index (χ3v) is 3.61. The lowest BCUT2D eigenvalue weighted by atomic mass is 10.2. The molecule has 0 fully saturated rings. The highest BCUT2D eigenvalue weighted by Gasteiger charge is 2.12. The van der Waals surface area contributed by atoms with Gasteiger partial charge in [-0.15, -0.1) is 0 Å². The third-order valence-electron chi connectivity index (χ3n) is 3.02. The van der Waals surface area contributed by atoms with Gasteiger partial charge in [0.1, 0.15) is 6.61 Å². The van der Waals surface area contributed by atoms with Gasteiger partial charge in [-0.25, -0.2) is 5.48 Å². The molecule has 0 radical (unpaired) electrons. The van der Waals surface area contributed by atoms with Gasteiger partial charge in [-0.3, -0.25) is 9.63 Å². The molecule has 0 unspecified atom stereocenters. The maximum Gasteiger partial charge on any atom is 0.274 e. The SMILES string of the molecule is CONC(=O)c1ccc(OCc2ccc(Cl)cc2Cl)c(OC)c1. The van der Waals surface area contributed by atoms with Crippen molar-refractivity contribution in [3.05, 3.63) is 57.6 Å². The van der Waals surface area contributed by atoms with Crippen molar-refractivity contribution in [2.75, 3.05) is 14.2 Å². The summed E-state index contributed by atoms with van der Waals surface area (Å²) in [5.74, 6) is 0.546. The van der Waals surface area contributed by atoms with Crippen LogP contribution in [0.1, 0.15) is 15.9 Å². The van der Waals surface area contributed by atoms with Gasteiger partial charge in [-0.2, -0.15) is 0 Å². The van der Waals surface area contributed by atoms with Gasteiger partial charge in [0.25, 0.3) is 5.91 Å². The molecule has 0 saturated heterocycles. The highest BCUT2D eigenvalue weighted by atomic mass is 35.5. The third kappa shape index (κ3) is 4.51. The number of halogens is 2. The Hall–Kier alpha value is -1.95. The summed E-state index contributed by atoms with van der Waals surface area (Å²) in [7, 11) is 2.86. The van der Waals surface area contributed by atoms with Crippen molar-refractivity contribution in [2.24, 2.45) is 0 Å². The van der Waals surface area contributed by atoms with Crippen molar-refractivity contribution in [3.63, 3.8) is 0 Å². The van der Waals surface area contributed by atoms with Crippen LogP contribution in [0.25, 0.3) is 0 Å². The molecule has 0 bridgehead atoms. The number of amides is 1. The van der Waals surface area contributed by atoms with E-state index in [2.05, 4.69) is 10.3 Å². The Kier molecular flexibility index (Phi) is 6.10. The summed E-state index contributed by atoms with van der Waals surface area (Å²) in [6, 6.07) is 9.99. The number of nitrogens with one attached hydrogen (secondary N) is 1. The second kappa shape index (κ2) is 8.06. The first-order chi connectivity index (χ1) is 11.0. The highest BCUT2D eigenvalue weighted by molar-refractivity contribution is 6.35. The van der Waals surface area contributed by atoms with E-state index in [0.29, 0.717) is 27.1 Å². The van der Waals surface area contributed by atoms with E-state index in [-0.39, 0.29) is 12.5 Å².